The van der Waals surface area contributed by atoms with Crippen molar-refractivity contribution >= 4 is 11.9 Å². The van der Waals surface area contributed by atoms with Crippen LogP contribution in [0.3, 0.4) is 0 Å². The predicted molar refractivity (Wildman–Crippen MR) is 74.1 cm³/mol. The average molecular weight is 289 g/mol. The molecule has 7 heteroatoms. The van der Waals surface area contributed by atoms with Crippen LogP contribution >= 0.6 is 0 Å². The fourth-order valence-electron chi connectivity index (χ4n) is 2.17. The Bertz CT molecular complexity index is 693. The van der Waals surface area contributed by atoms with E-state index in [-0.39, 0.29) is 17.8 Å². The van der Waals surface area contributed by atoms with E-state index < -0.39 is 18.0 Å². The number of aromatic carboxylic acids is 1. The third-order valence-corrected chi connectivity index (χ3v) is 3.16. The highest BCUT2D eigenvalue weighted by Gasteiger charge is 2.27. The third-order valence-electron chi connectivity index (χ3n) is 3.16. The van der Waals surface area contributed by atoms with Crippen LogP contribution in [0.2, 0.25) is 0 Å². The highest BCUT2D eigenvalue weighted by molar-refractivity contribution is 5.93. The van der Waals surface area contributed by atoms with E-state index in [1.807, 2.05) is 13.0 Å². The molecule has 1 heterocycles. The number of hydrogen-bond acceptors (Lipinski definition) is 4. The quantitative estimate of drug-likeness (QED) is 0.872. The third kappa shape index (κ3) is 2.76. The largest absolute Gasteiger partial charge is 0.480 e. The summed E-state index contributed by atoms with van der Waals surface area (Å²) in [5.41, 5.74) is 1.47. The molecular formula is C14H15N3O4. The van der Waals surface area contributed by atoms with Crippen LogP contribution in [-0.2, 0) is 4.79 Å². The van der Waals surface area contributed by atoms with Gasteiger partial charge < -0.3 is 10.2 Å². The van der Waals surface area contributed by atoms with Crippen LogP contribution in [0.15, 0.2) is 24.3 Å². The first kappa shape index (κ1) is 14.7. The Hall–Kier alpha value is -2.70. The van der Waals surface area contributed by atoms with E-state index in [2.05, 4.69) is 10.3 Å². The SMILES string of the molecule is CCC(C(=O)O)n1nnc(C(=O)O)c1-c1cccc(C)c1. The van der Waals surface area contributed by atoms with Gasteiger partial charge in [-0.1, -0.05) is 35.9 Å². The van der Waals surface area contributed by atoms with E-state index in [0.717, 1.165) is 5.56 Å². The molecule has 0 bridgehead atoms. The summed E-state index contributed by atoms with van der Waals surface area (Å²) < 4.78 is 1.17. The van der Waals surface area contributed by atoms with Crippen LogP contribution in [0, 0.1) is 6.92 Å². The zero-order valence-corrected chi connectivity index (χ0v) is 11.6. The van der Waals surface area contributed by atoms with E-state index in [1.165, 1.54) is 4.68 Å². The molecule has 0 aliphatic carbocycles. The number of nitrogens with zero attached hydrogens (tertiary/aromatic N) is 3. The van der Waals surface area contributed by atoms with Gasteiger partial charge in [-0.2, -0.15) is 0 Å². The van der Waals surface area contributed by atoms with Gasteiger partial charge >= 0.3 is 11.9 Å². The second-order valence-electron chi connectivity index (χ2n) is 4.67. The van der Waals surface area contributed by atoms with Crippen LogP contribution in [0.25, 0.3) is 11.3 Å². The number of carboxylic acids is 2. The number of benzene rings is 1. The molecule has 1 unspecified atom stereocenters. The predicted octanol–water partition coefficient (Wildman–Crippen LogP) is 1.99. The van der Waals surface area contributed by atoms with Gasteiger partial charge in [-0.05, 0) is 19.4 Å². The molecule has 0 spiro atoms. The topological polar surface area (TPSA) is 105 Å². The second-order valence-corrected chi connectivity index (χ2v) is 4.67. The van der Waals surface area contributed by atoms with E-state index in [4.69, 9.17) is 0 Å². The number of aliphatic carboxylic acids is 1. The van der Waals surface area contributed by atoms with Gasteiger partial charge in [0.2, 0.25) is 0 Å². The van der Waals surface area contributed by atoms with Gasteiger partial charge in [-0.15, -0.1) is 5.10 Å². The maximum Gasteiger partial charge on any atom is 0.358 e. The number of carbonyl (C=O) groups is 2. The monoisotopic (exact) mass is 289 g/mol. The number of carboxylic acid groups (broad SMARTS) is 2. The molecule has 0 aliphatic rings. The van der Waals surface area contributed by atoms with Crippen molar-refractivity contribution in [3.05, 3.63) is 35.5 Å². The lowest BCUT2D eigenvalue weighted by Gasteiger charge is -2.13. The molecule has 0 saturated heterocycles. The molecule has 0 aliphatic heterocycles. The number of aromatic nitrogens is 3. The molecule has 1 aromatic carbocycles. The Kier molecular flexibility index (Phi) is 4.02. The zero-order chi connectivity index (χ0) is 15.6. The molecule has 0 amide bonds. The summed E-state index contributed by atoms with van der Waals surface area (Å²) in [4.78, 5) is 22.6. The first-order chi connectivity index (χ1) is 9.95. The van der Waals surface area contributed by atoms with Crippen molar-refractivity contribution in [3.8, 4) is 11.3 Å². The summed E-state index contributed by atoms with van der Waals surface area (Å²) in [6.07, 6.45) is 0.274. The number of hydrogen-bond donors (Lipinski definition) is 2. The first-order valence-corrected chi connectivity index (χ1v) is 6.44. The highest BCUT2D eigenvalue weighted by atomic mass is 16.4. The van der Waals surface area contributed by atoms with E-state index in [1.54, 1.807) is 25.1 Å². The Morgan fingerprint density at radius 1 is 1.33 bits per heavy atom. The fraction of sp³-hybridized carbons (Fsp3) is 0.286. The molecule has 110 valence electrons. The van der Waals surface area contributed by atoms with Crippen LogP contribution in [0.4, 0.5) is 0 Å². The first-order valence-electron chi connectivity index (χ1n) is 6.44. The summed E-state index contributed by atoms with van der Waals surface area (Å²) in [6, 6.07) is 6.17. The lowest BCUT2D eigenvalue weighted by molar-refractivity contribution is -0.141. The zero-order valence-electron chi connectivity index (χ0n) is 11.6. The molecule has 0 radical (unpaired) electrons. The highest BCUT2D eigenvalue weighted by Crippen LogP contribution is 2.27. The van der Waals surface area contributed by atoms with Gasteiger partial charge in [0, 0.05) is 5.56 Å². The normalized spacial score (nSPS) is 12.1. The maximum atomic E-state index is 11.3. The molecule has 0 fully saturated rings. The smallest absolute Gasteiger partial charge is 0.358 e. The number of rotatable bonds is 5. The summed E-state index contributed by atoms with van der Waals surface area (Å²) in [6.45, 7) is 3.56. The number of aryl methyl sites for hydroxylation is 1. The Morgan fingerprint density at radius 2 is 2.05 bits per heavy atom. The molecule has 21 heavy (non-hydrogen) atoms. The van der Waals surface area contributed by atoms with Crippen LogP contribution in [0.1, 0.15) is 35.4 Å². The van der Waals surface area contributed by atoms with Crippen LogP contribution in [0.5, 0.6) is 0 Å². The summed E-state index contributed by atoms with van der Waals surface area (Å²) in [7, 11) is 0. The van der Waals surface area contributed by atoms with E-state index >= 15 is 0 Å². The molecular weight excluding hydrogens is 274 g/mol. The Balaban J connectivity index is 2.68. The van der Waals surface area contributed by atoms with Gasteiger partial charge in [0.25, 0.3) is 0 Å². The maximum absolute atomic E-state index is 11.3. The minimum absolute atomic E-state index is 0.209. The minimum Gasteiger partial charge on any atom is -0.480 e. The van der Waals surface area contributed by atoms with Gasteiger partial charge in [0.1, 0.15) is 5.69 Å². The van der Waals surface area contributed by atoms with Crippen molar-refractivity contribution in [2.75, 3.05) is 0 Å². The Morgan fingerprint density at radius 3 is 2.57 bits per heavy atom. The summed E-state index contributed by atoms with van der Waals surface area (Å²) in [5, 5.41) is 25.9. The second kappa shape index (κ2) is 5.74. The van der Waals surface area contributed by atoms with Crippen molar-refractivity contribution in [1.82, 2.24) is 15.0 Å². The van der Waals surface area contributed by atoms with Crippen LogP contribution < -0.4 is 0 Å². The van der Waals surface area contributed by atoms with E-state index in [9.17, 15) is 19.8 Å². The molecule has 2 aromatic rings. The molecule has 1 aromatic heterocycles. The van der Waals surface area contributed by atoms with Crippen LogP contribution in [-0.4, -0.2) is 37.1 Å². The molecule has 1 atom stereocenters. The summed E-state index contributed by atoms with van der Waals surface area (Å²) >= 11 is 0. The van der Waals surface area contributed by atoms with Gasteiger partial charge in [-0.3, -0.25) is 0 Å². The van der Waals surface area contributed by atoms with E-state index in [0.29, 0.717) is 5.56 Å². The molecule has 0 saturated carbocycles. The lowest BCUT2D eigenvalue weighted by Crippen LogP contribution is -2.20. The average Bonchev–Trinajstić information content (AvgIpc) is 2.84. The fourth-order valence-corrected chi connectivity index (χ4v) is 2.17. The van der Waals surface area contributed by atoms with Crippen molar-refractivity contribution < 1.29 is 19.8 Å². The molecule has 2 N–H and O–H groups in total. The van der Waals surface area contributed by atoms with Crippen molar-refractivity contribution in [1.29, 1.82) is 0 Å². The standard InChI is InChI=1S/C14H15N3O4/c1-3-10(13(18)19)17-12(11(14(20)21)15-16-17)9-6-4-5-8(2)7-9/h4-7,10H,3H2,1-2H3,(H,18,19)(H,20,21). The van der Waals surface area contributed by atoms with Gasteiger partial charge in [0.05, 0.1) is 0 Å². The molecule has 2 rings (SSSR count). The lowest BCUT2D eigenvalue weighted by atomic mass is 10.1. The van der Waals surface area contributed by atoms with Gasteiger partial charge in [0.15, 0.2) is 11.7 Å². The summed E-state index contributed by atoms with van der Waals surface area (Å²) in [5.74, 6) is -2.31. The Labute approximate surface area is 120 Å². The van der Waals surface area contributed by atoms with Crippen molar-refractivity contribution in [3.63, 3.8) is 0 Å². The minimum atomic E-state index is -1.24. The van der Waals surface area contributed by atoms with Crippen molar-refractivity contribution in [2.24, 2.45) is 0 Å². The molecule has 7 nitrogen and oxygen atoms in total. The van der Waals surface area contributed by atoms with Crippen molar-refractivity contribution in [2.45, 2.75) is 26.3 Å². The van der Waals surface area contributed by atoms with Gasteiger partial charge in [-0.25, -0.2) is 14.3 Å².